The van der Waals surface area contributed by atoms with E-state index in [-0.39, 0.29) is 0 Å². The molecule has 0 unspecified atom stereocenters. The molecule has 0 saturated carbocycles. The monoisotopic (exact) mass is 203 g/mol. The second-order valence-electron chi connectivity index (χ2n) is 4.19. The van der Waals surface area contributed by atoms with Gasteiger partial charge in [0, 0.05) is 12.6 Å². The highest BCUT2D eigenvalue weighted by molar-refractivity contribution is 5.75. The summed E-state index contributed by atoms with van der Waals surface area (Å²) < 4.78 is 0. The SMILES string of the molecule is CCCc1nc2nccc(C(C)C)c2[nH]1. The van der Waals surface area contributed by atoms with Gasteiger partial charge in [0.15, 0.2) is 5.65 Å². The maximum atomic E-state index is 4.48. The van der Waals surface area contributed by atoms with Crippen LogP contribution in [0.25, 0.3) is 11.2 Å². The van der Waals surface area contributed by atoms with Crippen LogP contribution in [-0.4, -0.2) is 15.0 Å². The third kappa shape index (κ3) is 1.87. The largest absolute Gasteiger partial charge is 0.340 e. The van der Waals surface area contributed by atoms with Crippen LogP contribution >= 0.6 is 0 Å². The van der Waals surface area contributed by atoms with E-state index in [1.54, 1.807) is 0 Å². The van der Waals surface area contributed by atoms with Gasteiger partial charge in [-0.3, -0.25) is 0 Å². The molecule has 3 nitrogen and oxygen atoms in total. The third-order valence-electron chi connectivity index (χ3n) is 2.58. The summed E-state index contributed by atoms with van der Waals surface area (Å²) in [7, 11) is 0. The smallest absolute Gasteiger partial charge is 0.177 e. The molecule has 0 aliphatic carbocycles. The van der Waals surface area contributed by atoms with Crippen molar-refractivity contribution in [3.8, 4) is 0 Å². The fourth-order valence-electron chi connectivity index (χ4n) is 1.81. The standard InChI is InChI=1S/C12H17N3/c1-4-5-10-14-11-9(8(2)3)6-7-13-12(11)15-10/h6-8H,4-5H2,1-3H3,(H,13,14,15). The molecule has 0 radical (unpaired) electrons. The van der Waals surface area contributed by atoms with E-state index in [1.165, 1.54) is 5.56 Å². The summed E-state index contributed by atoms with van der Waals surface area (Å²) in [6.07, 6.45) is 3.94. The minimum atomic E-state index is 0.505. The van der Waals surface area contributed by atoms with E-state index in [0.717, 1.165) is 29.8 Å². The number of nitrogens with zero attached hydrogens (tertiary/aromatic N) is 2. The van der Waals surface area contributed by atoms with Gasteiger partial charge in [0.05, 0.1) is 5.52 Å². The molecule has 2 aromatic heterocycles. The zero-order valence-electron chi connectivity index (χ0n) is 9.54. The molecule has 2 heterocycles. The molecule has 0 amide bonds. The van der Waals surface area contributed by atoms with Crippen molar-refractivity contribution in [3.05, 3.63) is 23.7 Å². The van der Waals surface area contributed by atoms with Gasteiger partial charge in [0.2, 0.25) is 0 Å². The van der Waals surface area contributed by atoms with Crippen molar-refractivity contribution in [2.24, 2.45) is 0 Å². The number of nitrogens with one attached hydrogen (secondary N) is 1. The van der Waals surface area contributed by atoms with E-state index in [1.807, 2.05) is 6.20 Å². The lowest BCUT2D eigenvalue weighted by Crippen LogP contribution is -1.90. The van der Waals surface area contributed by atoms with Crippen molar-refractivity contribution in [3.63, 3.8) is 0 Å². The van der Waals surface area contributed by atoms with E-state index < -0.39 is 0 Å². The number of fused-ring (bicyclic) bond motifs is 1. The molecule has 2 rings (SSSR count). The summed E-state index contributed by atoms with van der Waals surface area (Å²) >= 11 is 0. The summed E-state index contributed by atoms with van der Waals surface area (Å²) in [6, 6.07) is 2.07. The first-order valence-corrected chi connectivity index (χ1v) is 5.56. The van der Waals surface area contributed by atoms with E-state index in [4.69, 9.17) is 0 Å². The summed E-state index contributed by atoms with van der Waals surface area (Å²) in [5.74, 6) is 1.55. The summed E-state index contributed by atoms with van der Waals surface area (Å²) in [4.78, 5) is 12.1. The Morgan fingerprint density at radius 1 is 1.40 bits per heavy atom. The van der Waals surface area contributed by atoms with Gasteiger partial charge in [0.1, 0.15) is 5.82 Å². The van der Waals surface area contributed by atoms with Gasteiger partial charge in [-0.05, 0) is 24.0 Å². The van der Waals surface area contributed by atoms with Crippen LogP contribution in [-0.2, 0) is 6.42 Å². The Hall–Kier alpha value is -1.38. The first kappa shape index (κ1) is 10.1. The second-order valence-corrected chi connectivity index (χ2v) is 4.19. The molecule has 0 saturated heterocycles. The molecule has 0 aromatic carbocycles. The van der Waals surface area contributed by atoms with Crippen LogP contribution in [0.4, 0.5) is 0 Å². The van der Waals surface area contributed by atoms with Crippen LogP contribution in [0.3, 0.4) is 0 Å². The number of hydrogen-bond donors (Lipinski definition) is 1. The first-order valence-electron chi connectivity index (χ1n) is 5.56. The quantitative estimate of drug-likeness (QED) is 0.833. The molecular formula is C12H17N3. The number of hydrogen-bond acceptors (Lipinski definition) is 2. The van der Waals surface area contributed by atoms with Crippen molar-refractivity contribution in [2.75, 3.05) is 0 Å². The molecule has 0 atom stereocenters. The van der Waals surface area contributed by atoms with Crippen molar-refractivity contribution in [1.29, 1.82) is 0 Å². The molecule has 2 aromatic rings. The van der Waals surface area contributed by atoms with E-state index >= 15 is 0 Å². The lowest BCUT2D eigenvalue weighted by molar-refractivity contribution is 0.854. The van der Waals surface area contributed by atoms with E-state index in [9.17, 15) is 0 Å². The zero-order valence-corrected chi connectivity index (χ0v) is 9.54. The minimum Gasteiger partial charge on any atom is -0.340 e. The van der Waals surface area contributed by atoms with Gasteiger partial charge in [-0.1, -0.05) is 20.8 Å². The number of pyridine rings is 1. The zero-order chi connectivity index (χ0) is 10.8. The van der Waals surface area contributed by atoms with Crippen molar-refractivity contribution < 1.29 is 0 Å². The highest BCUT2D eigenvalue weighted by atomic mass is 15.0. The van der Waals surface area contributed by atoms with Crippen LogP contribution < -0.4 is 0 Å². The molecule has 0 aliphatic heterocycles. The molecular weight excluding hydrogens is 186 g/mol. The number of aryl methyl sites for hydroxylation is 1. The average molecular weight is 203 g/mol. The van der Waals surface area contributed by atoms with Crippen molar-refractivity contribution >= 4 is 11.2 Å². The Kier molecular flexibility index (Phi) is 2.71. The maximum absolute atomic E-state index is 4.48. The van der Waals surface area contributed by atoms with Gasteiger partial charge in [-0.15, -0.1) is 0 Å². The van der Waals surface area contributed by atoms with E-state index in [2.05, 4.69) is 41.8 Å². The molecule has 0 aliphatic rings. The van der Waals surface area contributed by atoms with E-state index in [0.29, 0.717) is 5.92 Å². The van der Waals surface area contributed by atoms with Crippen LogP contribution in [0.1, 0.15) is 44.5 Å². The van der Waals surface area contributed by atoms with Crippen LogP contribution in [0, 0.1) is 0 Å². The molecule has 1 N–H and O–H groups in total. The Balaban J connectivity index is 2.54. The van der Waals surface area contributed by atoms with Gasteiger partial charge in [0.25, 0.3) is 0 Å². The van der Waals surface area contributed by atoms with Gasteiger partial charge < -0.3 is 4.98 Å². The van der Waals surface area contributed by atoms with Crippen molar-refractivity contribution in [1.82, 2.24) is 15.0 Å². The Bertz CT molecular complexity index is 457. The molecule has 15 heavy (non-hydrogen) atoms. The lowest BCUT2D eigenvalue weighted by Gasteiger charge is -2.04. The first-order chi connectivity index (χ1) is 7.22. The normalized spacial score (nSPS) is 11.5. The molecule has 80 valence electrons. The number of rotatable bonds is 3. The van der Waals surface area contributed by atoms with Crippen LogP contribution in [0.15, 0.2) is 12.3 Å². The minimum absolute atomic E-state index is 0.505. The Morgan fingerprint density at radius 3 is 2.87 bits per heavy atom. The molecule has 0 fully saturated rings. The fraction of sp³-hybridized carbons (Fsp3) is 0.500. The maximum Gasteiger partial charge on any atom is 0.177 e. The molecule has 0 spiro atoms. The number of aromatic nitrogens is 3. The summed E-state index contributed by atoms with van der Waals surface area (Å²) in [5.41, 5.74) is 3.26. The summed E-state index contributed by atoms with van der Waals surface area (Å²) in [6.45, 7) is 6.54. The van der Waals surface area contributed by atoms with Crippen LogP contribution in [0.5, 0.6) is 0 Å². The van der Waals surface area contributed by atoms with Gasteiger partial charge >= 0.3 is 0 Å². The Morgan fingerprint density at radius 2 is 2.20 bits per heavy atom. The highest BCUT2D eigenvalue weighted by Crippen LogP contribution is 2.22. The average Bonchev–Trinajstić information content (AvgIpc) is 2.59. The molecule has 0 bridgehead atoms. The number of imidazole rings is 1. The lowest BCUT2D eigenvalue weighted by atomic mass is 10.0. The highest BCUT2D eigenvalue weighted by Gasteiger charge is 2.09. The fourth-order valence-corrected chi connectivity index (χ4v) is 1.81. The van der Waals surface area contributed by atoms with Gasteiger partial charge in [-0.25, -0.2) is 9.97 Å². The summed E-state index contributed by atoms with van der Waals surface area (Å²) in [5, 5.41) is 0. The predicted octanol–water partition coefficient (Wildman–Crippen LogP) is 3.03. The van der Waals surface area contributed by atoms with Crippen molar-refractivity contribution in [2.45, 2.75) is 39.5 Å². The van der Waals surface area contributed by atoms with Crippen LogP contribution in [0.2, 0.25) is 0 Å². The second kappa shape index (κ2) is 4.01. The predicted molar refractivity (Wildman–Crippen MR) is 62.0 cm³/mol. The third-order valence-corrected chi connectivity index (χ3v) is 2.58. The number of H-pyrrole nitrogens is 1. The van der Waals surface area contributed by atoms with Gasteiger partial charge in [-0.2, -0.15) is 0 Å². The molecule has 3 heteroatoms. The number of aromatic amines is 1. The Labute approximate surface area is 90.0 Å². The topological polar surface area (TPSA) is 41.6 Å².